The van der Waals surface area contributed by atoms with Crippen molar-refractivity contribution in [1.82, 2.24) is 5.43 Å². The van der Waals surface area contributed by atoms with E-state index in [1.807, 2.05) is 19.1 Å². The number of nitrogens with one attached hydrogen (secondary N) is 2. The Morgan fingerprint density at radius 2 is 1.89 bits per heavy atom. The quantitative estimate of drug-likeness (QED) is 0.428. The molecule has 0 unspecified atom stereocenters. The van der Waals surface area contributed by atoms with E-state index in [4.69, 9.17) is 27.9 Å². The third-order valence-electron chi connectivity index (χ3n) is 3.49. The Bertz CT molecular complexity index is 919. The summed E-state index contributed by atoms with van der Waals surface area (Å²) >= 11 is 15.2. The zero-order valence-corrected chi connectivity index (χ0v) is 18.3. The van der Waals surface area contributed by atoms with Crippen LogP contribution in [0.2, 0.25) is 10.0 Å². The van der Waals surface area contributed by atoms with Crippen LogP contribution in [0.5, 0.6) is 5.75 Å². The molecule has 0 bridgehead atoms. The number of anilines is 1. The Labute approximate surface area is 181 Å². The van der Waals surface area contributed by atoms with Gasteiger partial charge in [-0.15, -0.1) is 0 Å². The van der Waals surface area contributed by atoms with Crippen LogP contribution in [-0.4, -0.2) is 24.1 Å². The Kier molecular flexibility index (Phi) is 8.29. The van der Waals surface area contributed by atoms with E-state index >= 15 is 0 Å². The maximum absolute atomic E-state index is 12.1. The number of carbonyl (C=O) groups excluding carboxylic acids is 2. The number of halogens is 3. The Morgan fingerprint density at radius 3 is 2.57 bits per heavy atom. The van der Waals surface area contributed by atoms with E-state index in [-0.39, 0.29) is 18.9 Å². The van der Waals surface area contributed by atoms with Gasteiger partial charge in [0.05, 0.1) is 17.1 Å². The number of hydrazone groups is 1. The van der Waals surface area contributed by atoms with Crippen LogP contribution in [0.3, 0.4) is 0 Å². The highest BCUT2D eigenvalue weighted by atomic mass is 79.9. The summed E-state index contributed by atoms with van der Waals surface area (Å²) in [6.07, 6.45) is -0.00802. The van der Waals surface area contributed by atoms with Crippen LogP contribution in [0.15, 0.2) is 46.0 Å². The van der Waals surface area contributed by atoms with Crippen LogP contribution < -0.4 is 15.5 Å². The Morgan fingerprint density at radius 1 is 1.14 bits per heavy atom. The zero-order chi connectivity index (χ0) is 20.7. The lowest BCUT2D eigenvalue weighted by Crippen LogP contribution is -2.26. The molecule has 2 aromatic rings. The van der Waals surface area contributed by atoms with Crippen molar-refractivity contribution in [2.75, 3.05) is 11.9 Å². The Balaban J connectivity index is 1.80. The van der Waals surface area contributed by atoms with Crippen LogP contribution in [0.4, 0.5) is 5.69 Å². The molecule has 0 saturated heterocycles. The number of amides is 2. The van der Waals surface area contributed by atoms with E-state index in [2.05, 4.69) is 31.8 Å². The van der Waals surface area contributed by atoms with Gasteiger partial charge < -0.3 is 10.1 Å². The fourth-order valence-corrected chi connectivity index (χ4v) is 3.10. The number of hydrogen-bond acceptors (Lipinski definition) is 4. The topological polar surface area (TPSA) is 79.8 Å². The minimum Gasteiger partial charge on any atom is -0.483 e. The smallest absolute Gasteiger partial charge is 0.277 e. The molecule has 0 heterocycles. The molecule has 0 saturated carbocycles. The fourth-order valence-electron chi connectivity index (χ4n) is 2.17. The molecule has 9 heteroatoms. The third-order valence-corrected chi connectivity index (χ3v) is 4.53. The monoisotopic (exact) mass is 485 g/mol. The van der Waals surface area contributed by atoms with E-state index in [9.17, 15) is 9.59 Å². The van der Waals surface area contributed by atoms with Crippen LogP contribution >= 0.6 is 39.1 Å². The summed E-state index contributed by atoms with van der Waals surface area (Å²) in [5.41, 5.74) is 4.14. The van der Waals surface area contributed by atoms with Gasteiger partial charge >= 0.3 is 0 Å². The predicted octanol–water partition coefficient (Wildman–Crippen LogP) is 4.96. The minimum atomic E-state index is -0.428. The van der Waals surface area contributed by atoms with Gasteiger partial charge in [0.15, 0.2) is 6.61 Å². The second-order valence-corrected chi connectivity index (χ2v) is 7.69. The fraction of sp³-hybridized carbons (Fsp3) is 0.211. The highest BCUT2D eigenvalue weighted by molar-refractivity contribution is 9.10. The molecule has 2 rings (SSSR count). The molecule has 2 N–H and O–H groups in total. The molecular weight excluding hydrogens is 469 g/mol. The SMILES string of the molecule is CC(CC(=O)Nc1ccc(Cl)cc1Cl)=NNC(=O)COc1ccc(Br)cc1C. The molecule has 0 aliphatic heterocycles. The van der Waals surface area contributed by atoms with Gasteiger partial charge in [-0.3, -0.25) is 9.59 Å². The molecule has 0 fully saturated rings. The van der Waals surface area contributed by atoms with E-state index < -0.39 is 5.91 Å². The van der Waals surface area contributed by atoms with E-state index in [0.29, 0.717) is 27.2 Å². The van der Waals surface area contributed by atoms with Crippen molar-refractivity contribution >= 4 is 62.3 Å². The van der Waals surface area contributed by atoms with E-state index in [1.165, 1.54) is 6.07 Å². The van der Waals surface area contributed by atoms with Crippen molar-refractivity contribution in [2.45, 2.75) is 20.3 Å². The molecule has 28 heavy (non-hydrogen) atoms. The molecule has 0 spiro atoms. The average Bonchev–Trinajstić information content (AvgIpc) is 2.61. The largest absolute Gasteiger partial charge is 0.483 e. The molecule has 0 aliphatic carbocycles. The number of rotatable bonds is 7. The number of nitrogens with zero attached hydrogens (tertiary/aromatic N) is 1. The lowest BCUT2D eigenvalue weighted by molar-refractivity contribution is -0.123. The van der Waals surface area contributed by atoms with Crippen molar-refractivity contribution in [3.63, 3.8) is 0 Å². The summed E-state index contributed by atoms with van der Waals surface area (Å²) in [5.74, 6) is -0.137. The van der Waals surface area contributed by atoms with Gasteiger partial charge in [0.25, 0.3) is 5.91 Å². The van der Waals surface area contributed by atoms with E-state index in [1.54, 1.807) is 25.1 Å². The van der Waals surface area contributed by atoms with Crippen LogP contribution in [-0.2, 0) is 9.59 Å². The van der Waals surface area contributed by atoms with Gasteiger partial charge in [-0.05, 0) is 55.8 Å². The molecule has 148 valence electrons. The lowest BCUT2D eigenvalue weighted by atomic mass is 10.2. The van der Waals surface area contributed by atoms with Gasteiger partial charge in [-0.25, -0.2) is 5.43 Å². The molecular formula is C19H18BrCl2N3O3. The molecule has 0 aliphatic rings. The average molecular weight is 487 g/mol. The van der Waals surface area contributed by atoms with Gasteiger partial charge in [-0.2, -0.15) is 5.10 Å². The van der Waals surface area contributed by atoms with Crippen LogP contribution in [0.25, 0.3) is 0 Å². The first-order valence-electron chi connectivity index (χ1n) is 8.20. The highest BCUT2D eigenvalue weighted by Crippen LogP contribution is 2.25. The van der Waals surface area contributed by atoms with Crippen LogP contribution in [0, 0.1) is 6.92 Å². The summed E-state index contributed by atoms with van der Waals surface area (Å²) < 4.78 is 6.39. The number of aryl methyl sites for hydroxylation is 1. The molecule has 6 nitrogen and oxygen atoms in total. The third kappa shape index (κ3) is 7.14. The van der Waals surface area contributed by atoms with Gasteiger partial charge in [0.1, 0.15) is 5.75 Å². The van der Waals surface area contributed by atoms with Crippen molar-refractivity contribution in [1.29, 1.82) is 0 Å². The van der Waals surface area contributed by atoms with Gasteiger partial charge in [0, 0.05) is 15.2 Å². The normalized spacial score (nSPS) is 11.1. The van der Waals surface area contributed by atoms with Crippen molar-refractivity contribution < 1.29 is 14.3 Å². The van der Waals surface area contributed by atoms with Gasteiger partial charge in [0.2, 0.25) is 5.91 Å². The van der Waals surface area contributed by atoms with Crippen LogP contribution in [0.1, 0.15) is 18.9 Å². The molecule has 2 aromatic carbocycles. The van der Waals surface area contributed by atoms with Crippen molar-refractivity contribution in [3.05, 3.63) is 56.5 Å². The summed E-state index contributed by atoms with van der Waals surface area (Å²) in [7, 11) is 0. The molecule has 2 amide bonds. The second kappa shape index (κ2) is 10.5. The first-order chi connectivity index (χ1) is 13.2. The zero-order valence-electron chi connectivity index (χ0n) is 15.2. The second-order valence-electron chi connectivity index (χ2n) is 5.93. The number of carbonyl (C=O) groups is 2. The summed E-state index contributed by atoms with van der Waals surface area (Å²) in [6, 6.07) is 10.3. The van der Waals surface area contributed by atoms with Crippen molar-refractivity contribution in [3.8, 4) is 5.75 Å². The first-order valence-corrected chi connectivity index (χ1v) is 9.75. The highest BCUT2D eigenvalue weighted by Gasteiger charge is 2.09. The van der Waals surface area contributed by atoms with E-state index in [0.717, 1.165) is 10.0 Å². The Hall–Kier alpha value is -2.09. The molecule has 0 atom stereocenters. The van der Waals surface area contributed by atoms with Crippen molar-refractivity contribution in [2.24, 2.45) is 5.10 Å². The summed E-state index contributed by atoms with van der Waals surface area (Å²) in [6.45, 7) is 3.32. The molecule has 0 aromatic heterocycles. The maximum atomic E-state index is 12.1. The standard InChI is InChI=1S/C19H18BrCl2N3O3/c1-11-7-13(20)3-6-17(11)28-10-19(27)25-24-12(2)8-18(26)23-16-5-4-14(21)9-15(16)22/h3-7,9H,8,10H2,1-2H3,(H,23,26)(H,25,27). The minimum absolute atomic E-state index is 0.00802. The number of ether oxygens (including phenoxy) is 1. The molecule has 0 radical (unpaired) electrons. The lowest BCUT2D eigenvalue weighted by Gasteiger charge is -2.09. The maximum Gasteiger partial charge on any atom is 0.277 e. The van der Waals surface area contributed by atoms with Gasteiger partial charge in [-0.1, -0.05) is 39.1 Å². The number of benzene rings is 2. The summed E-state index contributed by atoms with van der Waals surface area (Å²) in [4.78, 5) is 23.9. The first kappa shape index (κ1) is 22.2. The number of hydrogen-bond donors (Lipinski definition) is 2. The predicted molar refractivity (Wildman–Crippen MR) is 115 cm³/mol. The summed E-state index contributed by atoms with van der Waals surface area (Å²) in [5, 5.41) is 7.38.